The average molecular weight is 283 g/mol. The number of nitrogen functional groups attached to an aromatic ring is 1. The van der Waals surface area contributed by atoms with Gasteiger partial charge in [-0.3, -0.25) is 0 Å². The Balaban J connectivity index is 2.82. The third-order valence-electron chi connectivity index (χ3n) is 2.98. The second kappa shape index (κ2) is 7.48. The molecule has 0 radical (unpaired) electrons. The lowest BCUT2D eigenvalue weighted by Gasteiger charge is -2.26. The molecular formula is C14H25N3OS. The summed E-state index contributed by atoms with van der Waals surface area (Å²) in [5.74, 6) is 2.57. The predicted octanol–water partition coefficient (Wildman–Crippen LogP) is 3.03. The van der Waals surface area contributed by atoms with E-state index < -0.39 is 0 Å². The number of nitrogens with zero attached hydrogens (tertiary/aromatic N) is 2. The Kier molecular flexibility index (Phi) is 6.28. The molecule has 1 atom stereocenters. The van der Waals surface area contributed by atoms with Gasteiger partial charge in [0.05, 0.1) is 11.8 Å². The van der Waals surface area contributed by atoms with Gasteiger partial charge in [-0.1, -0.05) is 0 Å². The minimum absolute atomic E-state index is 0.0734. The third-order valence-corrected chi connectivity index (χ3v) is 3.63. The Morgan fingerprint density at radius 2 is 2.05 bits per heavy atom. The molecule has 0 aliphatic carbocycles. The maximum absolute atomic E-state index is 5.88. The van der Waals surface area contributed by atoms with Crippen LogP contribution in [0.2, 0.25) is 0 Å². The first-order valence-corrected chi connectivity index (χ1v) is 8.00. The fourth-order valence-electron chi connectivity index (χ4n) is 1.66. The van der Waals surface area contributed by atoms with Gasteiger partial charge >= 0.3 is 0 Å². The molecule has 0 saturated heterocycles. The van der Waals surface area contributed by atoms with Gasteiger partial charge in [0.2, 0.25) is 5.88 Å². The van der Waals surface area contributed by atoms with E-state index >= 15 is 0 Å². The zero-order valence-electron chi connectivity index (χ0n) is 12.5. The first-order valence-electron chi connectivity index (χ1n) is 6.60. The molecule has 1 heterocycles. The maximum Gasteiger partial charge on any atom is 0.239 e. The van der Waals surface area contributed by atoms with Gasteiger partial charge in [-0.2, -0.15) is 16.7 Å². The molecule has 0 saturated carbocycles. The summed E-state index contributed by atoms with van der Waals surface area (Å²) < 4.78 is 5.63. The highest BCUT2D eigenvalue weighted by Crippen LogP contribution is 2.25. The molecule has 0 bridgehead atoms. The Morgan fingerprint density at radius 1 is 1.37 bits per heavy atom. The van der Waals surface area contributed by atoms with E-state index in [-0.39, 0.29) is 6.10 Å². The quantitative estimate of drug-likeness (QED) is 0.833. The molecule has 0 fully saturated rings. The van der Waals surface area contributed by atoms with E-state index in [2.05, 4.69) is 30.1 Å². The number of ether oxygens (including phenoxy) is 1. The molecule has 0 aromatic carbocycles. The molecule has 1 unspecified atom stereocenters. The van der Waals surface area contributed by atoms with Crippen molar-refractivity contribution in [1.29, 1.82) is 0 Å². The Morgan fingerprint density at radius 3 is 2.63 bits per heavy atom. The van der Waals surface area contributed by atoms with Gasteiger partial charge < -0.3 is 15.4 Å². The van der Waals surface area contributed by atoms with E-state index in [1.807, 2.05) is 37.7 Å². The molecule has 0 aliphatic rings. The van der Waals surface area contributed by atoms with Gasteiger partial charge in [-0.25, -0.2) is 0 Å². The maximum atomic E-state index is 5.88. The number of nitrogens with two attached hydrogens (primary N) is 1. The summed E-state index contributed by atoms with van der Waals surface area (Å²) in [6.45, 7) is 6.15. The number of rotatable bonds is 7. The van der Waals surface area contributed by atoms with E-state index in [0.717, 1.165) is 18.0 Å². The molecule has 1 aromatic rings. The van der Waals surface area contributed by atoms with Crippen LogP contribution in [0.1, 0.15) is 27.2 Å². The van der Waals surface area contributed by atoms with Crippen molar-refractivity contribution in [1.82, 2.24) is 4.98 Å². The van der Waals surface area contributed by atoms with Crippen LogP contribution in [-0.2, 0) is 0 Å². The molecular weight excluding hydrogens is 258 g/mol. The van der Waals surface area contributed by atoms with Crippen molar-refractivity contribution < 1.29 is 4.74 Å². The zero-order valence-corrected chi connectivity index (χ0v) is 13.3. The van der Waals surface area contributed by atoms with Crippen molar-refractivity contribution in [3.63, 3.8) is 0 Å². The smallest absolute Gasteiger partial charge is 0.239 e. The highest BCUT2D eigenvalue weighted by molar-refractivity contribution is 7.98. The molecule has 108 valence electrons. The summed E-state index contributed by atoms with van der Waals surface area (Å²) in [6, 6.07) is 4.24. The van der Waals surface area contributed by atoms with Crippen LogP contribution in [0.15, 0.2) is 12.1 Å². The summed E-state index contributed by atoms with van der Waals surface area (Å²) in [6.07, 6.45) is 3.33. The normalized spacial score (nSPS) is 12.5. The second-order valence-electron chi connectivity index (χ2n) is 4.97. The topological polar surface area (TPSA) is 51.4 Å². The minimum Gasteiger partial charge on any atom is -0.473 e. The van der Waals surface area contributed by atoms with Crippen LogP contribution in [-0.4, -0.2) is 36.2 Å². The van der Waals surface area contributed by atoms with Crippen LogP contribution in [0, 0.1) is 0 Å². The van der Waals surface area contributed by atoms with Gasteiger partial charge in [-0.05, 0) is 51.3 Å². The Bertz CT molecular complexity index is 398. The van der Waals surface area contributed by atoms with Crippen LogP contribution in [0.3, 0.4) is 0 Å². The van der Waals surface area contributed by atoms with Gasteiger partial charge in [-0.15, -0.1) is 0 Å². The third kappa shape index (κ3) is 4.82. The fourth-order valence-corrected chi connectivity index (χ4v) is 2.24. The van der Waals surface area contributed by atoms with Crippen LogP contribution < -0.4 is 15.4 Å². The predicted molar refractivity (Wildman–Crippen MR) is 85.3 cm³/mol. The first kappa shape index (κ1) is 16.0. The molecule has 1 aromatic heterocycles. The number of aromatic nitrogens is 1. The lowest BCUT2D eigenvalue weighted by Crippen LogP contribution is -2.30. The van der Waals surface area contributed by atoms with Crippen LogP contribution in [0.25, 0.3) is 0 Å². The van der Waals surface area contributed by atoms with Crippen LogP contribution >= 0.6 is 11.8 Å². The molecule has 1 rings (SSSR count). The van der Waals surface area contributed by atoms with E-state index in [0.29, 0.717) is 17.6 Å². The molecule has 0 amide bonds. The molecule has 5 heteroatoms. The van der Waals surface area contributed by atoms with Crippen molar-refractivity contribution in [3.8, 4) is 5.88 Å². The Labute approximate surface area is 120 Å². The number of hydrogen-bond donors (Lipinski definition) is 1. The van der Waals surface area contributed by atoms with E-state index in [4.69, 9.17) is 10.5 Å². The fraction of sp³-hybridized carbons (Fsp3) is 0.643. The highest BCUT2D eigenvalue weighted by atomic mass is 32.2. The van der Waals surface area contributed by atoms with Crippen molar-refractivity contribution in [2.45, 2.75) is 39.3 Å². The van der Waals surface area contributed by atoms with E-state index in [1.165, 1.54) is 0 Å². The standard InChI is InChI=1S/C14H25N3OS/c1-10(2)18-14-12(15)6-7-13(16-14)17(4)11(3)8-9-19-5/h6-7,10-11H,8-9,15H2,1-5H3. The molecule has 4 nitrogen and oxygen atoms in total. The largest absolute Gasteiger partial charge is 0.473 e. The lowest BCUT2D eigenvalue weighted by atomic mass is 10.2. The monoisotopic (exact) mass is 283 g/mol. The van der Waals surface area contributed by atoms with Gasteiger partial charge in [0.1, 0.15) is 5.82 Å². The van der Waals surface area contributed by atoms with Gasteiger partial charge in [0.15, 0.2) is 0 Å². The zero-order chi connectivity index (χ0) is 14.4. The van der Waals surface area contributed by atoms with E-state index in [9.17, 15) is 0 Å². The first-order chi connectivity index (χ1) is 8.95. The van der Waals surface area contributed by atoms with Crippen molar-refractivity contribution in [2.75, 3.05) is 29.7 Å². The average Bonchev–Trinajstić information content (AvgIpc) is 2.37. The number of anilines is 2. The van der Waals surface area contributed by atoms with Gasteiger partial charge in [0, 0.05) is 13.1 Å². The lowest BCUT2D eigenvalue weighted by molar-refractivity contribution is 0.234. The Hall–Kier alpha value is -1.10. The summed E-state index contributed by atoms with van der Waals surface area (Å²) in [7, 11) is 2.06. The number of pyridine rings is 1. The molecule has 0 spiro atoms. The van der Waals surface area contributed by atoms with Crippen LogP contribution in [0.4, 0.5) is 11.5 Å². The molecule has 0 aliphatic heterocycles. The second-order valence-corrected chi connectivity index (χ2v) is 5.96. The number of hydrogen-bond acceptors (Lipinski definition) is 5. The van der Waals surface area contributed by atoms with Gasteiger partial charge in [0.25, 0.3) is 0 Å². The van der Waals surface area contributed by atoms with E-state index in [1.54, 1.807) is 0 Å². The molecule has 2 N–H and O–H groups in total. The molecule has 19 heavy (non-hydrogen) atoms. The van der Waals surface area contributed by atoms with Crippen molar-refractivity contribution >= 4 is 23.3 Å². The minimum atomic E-state index is 0.0734. The van der Waals surface area contributed by atoms with Crippen LogP contribution in [0.5, 0.6) is 5.88 Å². The van der Waals surface area contributed by atoms with Crippen molar-refractivity contribution in [3.05, 3.63) is 12.1 Å². The summed E-state index contributed by atoms with van der Waals surface area (Å²) in [4.78, 5) is 6.68. The number of thioether (sulfide) groups is 1. The summed E-state index contributed by atoms with van der Waals surface area (Å²) in [5, 5.41) is 0. The summed E-state index contributed by atoms with van der Waals surface area (Å²) >= 11 is 1.86. The van der Waals surface area contributed by atoms with Crippen molar-refractivity contribution in [2.24, 2.45) is 0 Å². The highest BCUT2D eigenvalue weighted by Gasteiger charge is 2.13. The SMILES string of the molecule is CSCCC(C)N(C)c1ccc(N)c(OC(C)C)n1. The summed E-state index contributed by atoms with van der Waals surface area (Å²) in [5.41, 5.74) is 6.47.